The number of rotatable bonds is 4. The van der Waals surface area contributed by atoms with Crippen LogP contribution in [0.25, 0.3) is 16.6 Å². The molecule has 4 rings (SSSR count). The topological polar surface area (TPSA) is 88.1 Å². The van der Waals surface area contributed by atoms with Gasteiger partial charge in [0.2, 0.25) is 5.95 Å². The third kappa shape index (κ3) is 4.47. The summed E-state index contributed by atoms with van der Waals surface area (Å²) in [7, 11) is 0. The highest BCUT2D eigenvalue weighted by molar-refractivity contribution is 6.42. The normalized spacial score (nSPS) is 10.7. The van der Waals surface area contributed by atoms with Crippen LogP contribution >= 0.6 is 23.2 Å². The highest BCUT2D eigenvalue weighted by Gasteiger charge is 2.14. The van der Waals surface area contributed by atoms with Crippen LogP contribution in [0.3, 0.4) is 0 Å². The first kappa shape index (κ1) is 20.7. The Morgan fingerprint density at radius 2 is 1.77 bits per heavy atom. The zero-order valence-electron chi connectivity index (χ0n) is 16.3. The molecule has 2 amide bonds. The predicted molar refractivity (Wildman–Crippen MR) is 124 cm³/mol. The second kappa shape index (κ2) is 8.67. The van der Waals surface area contributed by atoms with Crippen LogP contribution in [0.15, 0.2) is 71.5 Å². The second-order valence-electron chi connectivity index (χ2n) is 6.77. The minimum atomic E-state index is -0.520. The number of anilines is 2. The number of aryl methyl sites for hydroxylation is 1. The maximum Gasteiger partial charge on any atom is 0.337 e. The van der Waals surface area contributed by atoms with Gasteiger partial charge in [0, 0.05) is 5.69 Å². The number of hydrogen-bond donors (Lipinski definition) is 3. The van der Waals surface area contributed by atoms with Crippen molar-refractivity contribution in [2.45, 2.75) is 6.92 Å². The first-order valence-corrected chi connectivity index (χ1v) is 10.0. The van der Waals surface area contributed by atoms with Crippen molar-refractivity contribution >= 4 is 51.8 Å². The highest BCUT2D eigenvalue weighted by atomic mass is 35.5. The van der Waals surface area contributed by atoms with Crippen LogP contribution in [-0.4, -0.2) is 15.6 Å². The van der Waals surface area contributed by atoms with Crippen LogP contribution in [0.5, 0.6) is 0 Å². The third-order valence-electron chi connectivity index (χ3n) is 4.50. The number of aromatic nitrogens is 2. The molecule has 0 unspecified atom stereocenters. The van der Waals surface area contributed by atoms with Crippen LogP contribution in [0, 0.1) is 6.92 Å². The summed E-state index contributed by atoms with van der Waals surface area (Å²) in [5.41, 5.74) is 7.48. The van der Waals surface area contributed by atoms with Crippen LogP contribution in [0.4, 0.5) is 16.4 Å². The molecule has 7 nitrogen and oxygen atoms in total. The number of amides is 2. The van der Waals surface area contributed by atoms with Gasteiger partial charge in [0.05, 0.1) is 26.6 Å². The molecule has 9 heteroatoms. The number of fused-ring (bicyclic) bond motifs is 1. The molecule has 0 saturated carbocycles. The van der Waals surface area contributed by atoms with Gasteiger partial charge >= 0.3 is 6.03 Å². The maximum absolute atomic E-state index is 13.2. The lowest BCUT2D eigenvalue weighted by atomic mass is 10.2. The molecule has 3 aromatic carbocycles. The van der Waals surface area contributed by atoms with Crippen molar-refractivity contribution in [2.75, 3.05) is 10.7 Å². The summed E-state index contributed by atoms with van der Waals surface area (Å²) in [6.07, 6.45) is 0. The number of hydrogen-bond acceptors (Lipinski definition) is 4. The van der Waals surface area contributed by atoms with Crippen LogP contribution in [0.2, 0.25) is 10.0 Å². The molecule has 0 aliphatic carbocycles. The summed E-state index contributed by atoms with van der Waals surface area (Å²) in [5.74, 6) is 0.112. The summed E-state index contributed by atoms with van der Waals surface area (Å²) >= 11 is 12.2. The van der Waals surface area contributed by atoms with E-state index < -0.39 is 6.03 Å². The second-order valence-corrected chi connectivity index (χ2v) is 7.58. The average Bonchev–Trinajstić information content (AvgIpc) is 2.74. The smallest absolute Gasteiger partial charge is 0.307 e. The minimum absolute atomic E-state index is 0.112. The Morgan fingerprint density at radius 1 is 0.968 bits per heavy atom. The zero-order valence-corrected chi connectivity index (χ0v) is 17.8. The van der Waals surface area contributed by atoms with E-state index in [2.05, 4.69) is 21.2 Å². The lowest BCUT2D eigenvalue weighted by Crippen LogP contribution is -2.36. The Hall–Kier alpha value is -3.55. The number of carbonyl (C=O) groups excluding carboxylic acids is 1. The Morgan fingerprint density at radius 3 is 2.55 bits per heavy atom. The molecule has 0 fully saturated rings. The van der Waals surface area contributed by atoms with E-state index in [0.29, 0.717) is 27.3 Å². The van der Waals surface area contributed by atoms with Crippen molar-refractivity contribution < 1.29 is 4.79 Å². The Bertz CT molecular complexity index is 1350. The highest BCUT2D eigenvalue weighted by Crippen LogP contribution is 2.25. The van der Waals surface area contributed by atoms with Crippen molar-refractivity contribution in [3.05, 3.63) is 92.7 Å². The molecule has 0 aliphatic rings. The van der Waals surface area contributed by atoms with Crippen molar-refractivity contribution in [3.63, 3.8) is 0 Å². The van der Waals surface area contributed by atoms with E-state index in [1.54, 1.807) is 48.5 Å². The summed E-state index contributed by atoms with van der Waals surface area (Å²) in [4.78, 5) is 30.0. The molecule has 1 heterocycles. The summed E-state index contributed by atoms with van der Waals surface area (Å²) < 4.78 is 1.32. The Balaban J connectivity index is 1.69. The van der Waals surface area contributed by atoms with E-state index in [-0.39, 0.29) is 16.5 Å². The number of para-hydroxylation sites is 1. The van der Waals surface area contributed by atoms with E-state index in [9.17, 15) is 9.59 Å². The summed E-state index contributed by atoms with van der Waals surface area (Å²) in [6.45, 7) is 1.93. The van der Waals surface area contributed by atoms with Crippen molar-refractivity contribution in [3.8, 4) is 5.69 Å². The lowest BCUT2D eigenvalue weighted by Gasteiger charge is -2.16. The Labute approximate surface area is 187 Å². The third-order valence-corrected chi connectivity index (χ3v) is 5.24. The number of nitrogens with one attached hydrogen (secondary N) is 3. The molecule has 1 aromatic heterocycles. The van der Waals surface area contributed by atoms with Gasteiger partial charge in [-0.15, -0.1) is 0 Å². The van der Waals surface area contributed by atoms with Crippen LogP contribution in [0.1, 0.15) is 5.56 Å². The van der Waals surface area contributed by atoms with Gasteiger partial charge in [-0.05, 0) is 55.0 Å². The van der Waals surface area contributed by atoms with E-state index in [0.717, 1.165) is 5.56 Å². The van der Waals surface area contributed by atoms with Gasteiger partial charge in [0.1, 0.15) is 0 Å². The molecule has 156 valence electrons. The van der Waals surface area contributed by atoms with Gasteiger partial charge in [0.15, 0.2) is 0 Å². The van der Waals surface area contributed by atoms with Gasteiger partial charge < -0.3 is 5.32 Å². The van der Waals surface area contributed by atoms with Crippen LogP contribution < -0.4 is 21.7 Å². The molecule has 31 heavy (non-hydrogen) atoms. The number of nitrogens with zero attached hydrogens (tertiary/aromatic N) is 2. The van der Waals surface area contributed by atoms with Crippen molar-refractivity contribution in [1.82, 2.24) is 15.0 Å². The molecule has 0 radical (unpaired) electrons. The number of halogens is 2. The standard InChI is InChI=1S/C22H17Cl2N5O2/c1-13-5-4-6-14(11-13)25-22(31)28-27-21-26-19-8-3-2-7-16(19)20(30)29(21)15-9-10-17(23)18(24)12-15/h2-12H,1H3,(H,26,27)(H2,25,28,31). The van der Waals surface area contributed by atoms with Gasteiger partial charge in [-0.3, -0.25) is 10.2 Å². The van der Waals surface area contributed by atoms with Gasteiger partial charge in [-0.2, -0.15) is 0 Å². The van der Waals surface area contributed by atoms with Gasteiger partial charge in [-0.25, -0.2) is 19.8 Å². The molecular formula is C22H17Cl2N5O2. The fourth-order valence-electron chi connectivity index (χ4n) is 3.08. The SMILES string of the molecule is Cc1cccc(NC(=O)NNc2nc3ccccc3c(=O)n2-c2ccc(Cl)c(Cl)c2)c1. The maximum atomic E-state index is 13.2. The fourth-order valence-corrected chi connectivity index (χ4v) is 3.37. The van der Waals surface area contributed by atoms with Crippen molar-refractivity contribution in [2.24, 2.45) is 0 Å². The fraction of sp³-hybridized carbons (Fsp3) is 0.0455. The van der Waals surface area contributed by atoms with E-state index in [1.807, 2.05) is 25.1 Å². The first-order valence-electron chi connectivity index (χ1n) is 9.29. The summed E-state index contributed by atoms with van der Waals surface area (Å²) in [6, 6.07) is 18.6. The largest absolute Gasteiger partial charge is 0.337 e. The van der Waals surface area contributed by atoms with Gasteiger partial charge in [-0.1, -0.05) is 47.5 Å². The number of carbonyl (C=O) groups is 1. The molecule has 0 aliphatic heterocycles. The molecule has 0 bridgehead atoms. The average molecular weight is 454 g/mol. The quantitative estimate of drug-likeness (QED) is 0.372. The van der Waals surface area contributed by atoms with Gasteiger partial charge in [0.25, 0.3) is 5.56 Å². The number of benzene rings is 3. The van der Waals surface area contributed by atoms with Crippen molar-refractivity contribution in [1.29, 1.82) is 0 Å². The predicted octanol–water partition coefficient (Wildman–Crippen LogP) is 5.15. The van der Waals surface area contributed by atoms with Crippen LogP contribution in [-0.2, 0) is 0 Å². The lowest BCUT2D eigenvalue weighted by molar-refractivity contribution is 0.253. The minimum Gasteiger partial charge on any atom is -0.307 e. The monoisotopic (exact) mass is 453 g/mol. The summed E-state index contributed by atoms with van der Waals surface area (Å²) in [5, 5.41) is 3.78. The van der Waals surface area contributed by atoms with E-state index in [4.69, 9.17) is 23.2 Å². The first-order chi connectivity index (χ1) is 14.9. The van der Waals surface area contributed by atoms with E-state index in [1.165, 1.54) is 4.57 Å². The number of hydrazine groups is 1. The molecule has 4 aromatic rings. The molecule has 0 saturated heterocycles. The number of urea groups is 1. The molecule has 3 N–H and O–H groups in total. The van der Waals surface area contributed by atoms with E-state index >= 15 is 0 Å². The Kier molecular flexibility index (Phi) is 5.79. The molecule has 0 spiro atoms. The zero-order chi connectivity index (χ0) is 22.0. The molecular weight excluding hydrogens is 437 g/mol. The molecule has 0 atom stereocenters.